The molecule has 0 spiro atoms. The summed E-state index contributed by atoms with van der Waals surface area (Å²) in [5.74, 6) is -9.79. The van der Waals surface area contributed by atoms with Gasteiger partial charge in [0.25, 0.3) is 11.8 Å². The number of aliphatic hydroxyl groups is 2. The van der Waals surface area contributed by atoms with Crippen molar-refractivity contribution in [3.05, 3.63) is 113 Å². The number of amides is 4. The highest BCUT2D eigenvalue weighted by Gasteiger charge is 2.29. The topological polar surface area (TPSA) is 200 Å². The predicted octanol–water partition coefficient (Wildman–Crippen LogP) is 6.32. The molecule has 4 aromatic rings. The fourth-order valence-corrected chi connectivity index (χ4v) is 6.75. The molecule has 0 aromatic heterocycles. The molecule has 344 valence electrons. The van der Waals surface area contributed by atoms with E-state index in [1.165, 1.54) is 36.4 Å². The minimum Gasteiger partial charge on any atom is -0.394 e. The Morgan fingerprint density at radius 3 is 1.36 bits per heavy atom. The third-order valence-corrected chi connectivity index (χ3v) is 10.2. The van der Waals surface area contributed by atoms with Crippen molar-refractivity contribution in [2.45, 2.75) is 38.8 Å². The zero-order valence-corrected chi connectivity index (χ0v) is 37.5. The summed E-state index contributed by atoms with van der Waals surface area (Å²) in [6, 6.07) is 10.1. The van der Waals surface area contributed by atoms with Crippen LogP contribution >= 0.6 is 45.2 Å². The van der Waals surface area contributed by atoms with Gasteiger partial charge in [-0.1, -0.05) is 0 Å². The van der Waals surface area contributed by atoms with Crippen molar-refractivity contribution in [3.63, 3.8) is 0 Å². The number of benzene rings is 4. The SMILES string of the molecule is O=C(NOCCO)c1cc(CN2OCCCC2=O)c(F)c(F)c1Nc1ccc(I)cc1F.O=C(NOCCO)c1cc(CN2OCCCC2=O)c(F)c(F)c1Nc1ccc(I)cc1F. The van der Waals surface area contributed by atoms with Gasteiger partial charge in [0.05, 0.1) is 86.6 Å². The average Bonchev–Trinajstić information content (AvgIpc) is 3.26. The first-order valence-corrected chi connectivity index (χ1v) is 21.2. The fourth-order valence-electron chi connectivity index (χ4n) is 5.84. The quantitative estimate of drug-likeness (QED) is 0.0317. The van der Waals surface area contributed by atoms with Crippen LogP contribution in [0.4, 0.5) is 49.1 Å². The molecule has 6 rings (SSSR count). The Bertz CT molecular complexity index is 2210. The number of rotatable bonds is 16. The normalized spacial score (nSPS) is 13.9. The molecule has 0 saturated carbocycles. The summed E-state index contributed by atoms with van der Waals surface area (Å²) in [5.41, 5.74) is 0.941. The van der Waals surface area contributed by atoms with Gasteiger partial charge >= 0.3 is 0 Å². The van der Waals surface area contributed by atoms with Gasteiger partial charge < -0.3 is 20.8 Å². The smallest absolute Gasteiger partial charge is 0.277 e. The molecule has 0 atom stereocenters. The van der Waals surface area contributed by atoms with E-state index in [0.29, 0.717) is 20.0 Å². The van der Waals surface area contributed by atoms with Crippen LogP contribution in [-0.4, -0.2) is 83.6 Å². The molecule has 0 bridgehead atoms. The molecule has 2 saturated heterocycles. The van der Waals surface area contributed by atoms with Crippen LogP contribution in [0.15, 0.2) is 48.5 Å². The summed E-state index contributed by atoms with van der Waals surface area (Å²) in [6.07, 6.45) is 1.40. The van der Waals surface area contributed by atoms with Crippen LogP contribution in [0, 0.1) is 42.0 Å². The van der Waals surface area contributed by atoms with Gasteiger partial charge in [0.2, 0.25) is 11.8 Å². The number of anilines is 4. The Kier molecular flexibility index (Phi) is 18.7. The zero-order chi connectivity index (χ0) is 46.5. The molecule has 0 aliphatic carbocycles. The zero-order valence-electron chi connectivity index (χ0n) is 33.2. The van der Waals surface area contributed by atoms with Crippen molar-refractivity contribution in [2.75, 3.05) is 50.3 Å². The number of hydrogen-bond acceptors (Lipinski definition) is 12. The summed E-state index contributed by atoms with van der Waals surface area (Å²) >= 11 is 3.77. The number of hydroxylamine groups is 6. The Morgan fingerprint density at radius 2 is 1.02 bits per heavy atom. The Hall–Kier alpha value is -4.84. The van der Waals surface area contributed by atoms with Crippen molar-refractivity contribution >= 4 is 91.6 Å². The Balaban J connectivity index is 0.000000241. The highest BCUT2D eigenvalue weighted by molar-refractivity contribution is 14.1. The Labute approximate surface area is 387 Å². The summed E-state index contributed by atoms with van der Waals surface area (Å²) in [6.45, 7) is -1.66. The van der Waals surface area contributed by atoms with E-state index in [4.69, 9.17) is 29.6 Å². The molecule has 2 aliphatic heterocycles. The summed E-state index contributed by atoms with van der Waals surface area (Å²) in [7, 11) is 0. The molecule has 0 radical (unpaired) electrons. The molecule has 24 heteroatoms. The number of nitrogens with zero attached hydrogens (tertiary/aromatic N) is 2. The number of hydrogen-bond donors (Lipinski definition) is 6. The van der Waals surface area contributed by atoms with Crippen LogP contribution in [0.2, 0.25) is 0 Å². The predicted molar refractivity (Wildman–Crippen MR) is 230 cm³/mol. The maximum Gasteiger partial charge on any atom is 0.277 e. The minimum atomic E-state index is -1.45. The first-order valence-electron chi connectivity index (χ1n) is 19.0. The van der Waals surface area contributed by atoms with Gasteiger partial charge in [-0.3, -0.25) is 38.5 Å². The van der Waals surface area contributed by atoms with Crippen LogP contribution in [-0.2, 0) is 42.0 Å². The third kappa shape index (κ3) is 13.1. The van der Waals surface area contributed by atoms with Crippen LogP contribution < -0.4 is 21.6 Å². The van der Waals surface area contributed by atoms with Crippen molar-refractivity contribution in [1.82, 2.24) is 21.1 Å². The molecular formula is C40H38F6I2N6O10. The molecule has 6 N–H and O–H groups in total. The second kappa shape index (κ2) is 23.9. The average molecular weight is 1130 g/mol. The standard InChI is InChI=1S/2C20H19F3IN3O5/c2*21-14-9-12(24)3-4-15(14)25-19-13(20(30)26-31-7-5-28)8-11(17(22)18(19)23)10-27-16(29)2-1-6-32-27/h2*3-4,8-9,25,28H,1-2,5-7,10H2,(H,26,30). The molecule has 4 aromatic carbocycles. The molecule has 0 unspecified atom stereocenters. The third-order valence-electron chi connectivity index (χ3n) is 8.90. The van der Waals surface area contributed by atoms with Crippen LogP contribution in [0.3, 0.4) is 0 Å². The van der Waals surface area contributed by atoms with Crippen molar-refractivity contribution < 1.29 is 75.1 Å². The van der Waals surface area contributed by atoms with Gasteiger partial charge in [-0.15, -0.1) is 0 Å². The summed E-state index contributed by atoms with van der Waals surface area (Å²) < 4.78 is 89.6. The molecule has 2 fully saturated rings. The van der Waals surface area contributed by atoms with E-state index in [1.807, 2.05) is 56.1 Å². The monoisotopic (exact) mass is 1130 g/mol. The first-order chi connectivity index (χ1) is 30.6. The van der Waals surface area contributed by atoms with Gasteiger partial charge in [0, 0.05) is 31.1 Å². The highest BCUT2D eigenvalue weighted by atomic mass is 127. The first kappa shape index (κ1) is 50.2. The van der Waals surface area contributed by atoms with Gasteiger partial charge in [-0.2, -0.15) is 0 Å². The van der Waals surface area contributed by atoms with Crippen LogP contribution in [0.25, 0.3) is 0 Å². The number of carbonyl (C=O) groups excluding carboxylic acids is 4. The van der Waals surface area contributed by atoms with Crippen LogP contribution in [0.5, 0.6) is 0 Å². The van der Waals surface area contributed by atoms with E-state index in [-0.39, 0.29) is 61.8 Å². The van der Waals surface area contributed by atoms with Gasteiger partial charge in [-0.25, -0.2) is 47.4 Å². The molecule has 2 heterocycles. The molecule has 4 amide bonds. The van der Waals surface area contributed by atoms with Crippen LogP contribution in [0.1, 0.15) is 57.5 Å². The second-order valence-electron chi connectivity index (χ2n) is 13.4. The molecule has 16 nitrogen and oxygen atoms in total. The lowest BCUT2D eigenvalue weighted by Gasteiger charge is -2.26. The van der Waals surface area contributed by atoms with Gasteiger partial charge in [0.15, 0.2) is 23.3 Å². The number of carbonyl (C=O) groups is 4. The van der Waals surface area contributed by atoms with E-state index in [0.717, 1.165) is 22.3 Å². The fraction of sp³-hybridized carbons (Fsp3) is 0.300. The largest absolute Gasteiger partial charge is 0.394 e. The summed E-state index contributed by atoms with van der Waals surface area (Å²) in [4.78, 5) is 69.0. The van der Waals surface area contributed by atoms with E-state index in [2.05, 4.69) is 10.6 Å². The maximum atomic E-state index is 15.1. The lowest BCUT2D eigenvalue weighted by atomic mass is 10.0. The van der Waals surface area contributed by atoms with E-state index >= 15 is 8.78 Å². The number of halogens is 8. The highest BCUT2D eigenvalue weighted by Crippen LogP contribution is 2.33. The van der Waals surface area contributed by atoms with Gasteiger partial charge in [-0.05, 0) is 107 Å². The van der Waals surface area contributed by atoms with Crippen molar-refractivity contribution in [2.24, 2.45) is 0 Å². The van der Waals surface area contributed by atoms with Gasteiger partial charge in [0.1, 0.15) is 11.6 Å². The van der Waals surface area contributed by atoms with E-state index in [1.54, 1.807) is 0 Å². The molecule has 64 heavy (non-hydrogen) atoms. The second-order valence-corrected chi connectivity index (χ2v) is 15.9. The number of nitrogens with one attached hydrogen (secondary N) is 4. The van der Waals surface area contributed by atoms with E-state index in [9.17, 15) is 36.7 Å². The summed E-state index contributed by atoms with van der Waals surface area (Å²) in [5, 5.41) is 24.2. The van der Waals surface area contributed by atoms with Crippen molar-refractivity contribution in [1.29, 1.82) is 0 Å². The Morgan fingerprint density at radius 1 is 0.625 bits per heavy atom. The lowest BCUT2D eigenvalue weighted by molar-refractivity contribution is -0.202. The maximum absolute atomic E-state index is 15.1. The molecule has 2 aliphatic rings. The van der Waals surface area contributed by atoms with E-state index < -0.39 is 107 Å². The lowest BCUT2D eigenvalue weighted by Crippen LogP contribution is -2.35. The van der Waals surface area contributed by atoms with Crippen molar-refractivity contribution in [3.8, 4) is 0 Å². The number of aliphatic hydroxyl groups excluding tert-OH is 2. The molecular weight excluding hydrogens is 1090 g/mol. The minimum absolute atomic E-state index is 0.184.